The lowest BCUT2D eigenvalue weighted by Gasteiger charge is -2.04. The van der Waals surface area contributed by atoms with Crippen molar-refractivity contribution in [2.45, 2.75) is 0 Å². The van der Waals surface area contributed by atoms with E-state index in [1.54, 1.807) is 17.5 Å². The van der Waals surface area contributed by atoms with E-state index in [4.69, 9.17) is 5.26 Å². The van der Waals surface area contributed by atoms with Crippen molar-refractivity contribution in [2.75, 3.05) is 10.6 Å². The summed E-state index contributed by atoms with van der Waals surface area (Å²) < 4.78 is 0. The summed E-state index contributed by atoms with van der Waals surface area (Å²) in [5.41, 5.74) is 0.993. The highest BCUT2D eigenvalue weighted by atomic mass is 32.1. The molecular weight excluding hydrogens is 236 g/mol. The van der Waals surface area contributed by atoms with E-state index in [1.807, 2.05) is 24.3 Å². The van der Waals surface area contributed by atoms with E-state index in [9.17, 15) is 4.79 Å². The molecule has 84 valence electrons. The Morgan fingerprint density at radius 1 is 1.29 bits per heavy atom. The van der Waals surface area contributed by atoms with Crippen LogP contribution in [0.25, 0.3) is 0 Å². The number of carbonyl (C=O) groups excluding carboxylic acids is 1. The van der Waals surface area contributed by atoms with Gasteiger partial charge in [0.05, 0.1) is 0 Å². The first-order valence-electron chi connectivity index (χ1n) is 4.76. The van der Waals surface area contributed by atoms with Crippen LogP contribution in [0.2, 0.25) is 0 Å². The molecule has 0 bridgehead atoms. The SMILES string of the molecule is N#Cc1csc(NC(=O)Nc2ccccc2)n1. The minimum absolute atomic E-state index is 0.296. The van der Waals surface area contributed by atoms with Crippen LogP contribution >= 0.6 is 11.3 Å². The Balaban J connectivity index is 1.96. The average Bonchev–Trinajstić information content (AvgIpc) is 2.78. The third-order valence-corrected chi connectivity index (χ3v) is 2.63. The minimum Gasteiger partial charge on any atom is -0.308 e. The summed E-state index contributed by atoms with van der Waals surface area (Å²) in [4.78, 5) is 15.4. The van der Waals surface area contributed by atoms with Gasteiger partial charge in [-0.2, -0.15) is 5.26 Å². The van der Waals surface area contributed by atoms with Gasteiger partial charge in [0, 0.05) is 11.1 Å². The highest BCUT2D eigenvalue weighted by Crippen LogP contribution is 2.15. The summed E-state index contributed by atoms with van der Waals surface area (Å²) in [6.07, 6.45) is 0. The molecule has 2 aromatic rings. The van der Waals surface area contributed by atoms with Crippen molar-refractivity contribution in [2.24, 2.45) is 0 Å². The number of urea groups is 1. The van der Waals surface area contributed by atoms with Crippen molar-refractivity contribution in [1.29, 1.82) is 5.26 Å². The molecule has 0 aliphatic heterocycles. The van der Waals surface area contributed by atoms with Crippen LogP contribution in [-0.2, 0) is 0 Å². The fourth-order valence-corrected chi connectivity index (χ4v) is 1.79. The molecule has 2 amide bonds. The Labute approximate surface area is 102 Å². The Bertz CT molecular complexity index is 558. The number of rotatable bonds is 2. The van der Waals surface area contributed by atoms with E-state index in [2.05, 4.69) is 15.6 Å². The van der Waals surface area contributed by atoms with Crippen molar-refractivity contribution >= 4 is 28.2 Å². The first-order valence-corrected chi connectivity index (χ1v) is 5.64. The first-order chi connectivity index (χ1) is 8.28. The molecule has 0 fully saturated rings. The maximum absolute atomic E-state index is 11.5. The Kier molecular flexibility index (Phi) is 3.33. The van der Waals surface area contributed by atoms with Gasteiger partial charge in [0.25, 0.3) is 0 Å². The van der Waals surface area contributed by atoms with E-state index in [0.29, 0.717) is 16.5 Å². The molecule has 0 atom stereocenters. The number of nitrogens with one attached hydrogen (secondary N) is 2. The zero-order valence-corrected chi connectivity index (χ0v) is 9.49. The number of hydrogen-bond acceptors (Lipinski definition) is 4. The predicted octanol–water partition coefficient (Wildman–Crippen LogP) is 2.66. The van der Waals surface area contributed by atoms with Crippen LogP contribution < -0.4 is 10.6 Å². The highest BCUT2D eigenvalue weighted by molar-refractivity contribution is 7.14. The molecule has 2 N–H and O–H groups in total. The number of benzene rings is 1. The standard InChI is InChI=1S/C11H8N4OS/c12-6-9-7-17-11(14-9)15-10(16)13-8-4-2-1-3-5-8/h1-5,7H,(H2,13,14,15,16). The fourth-order valence-electron chi connectivity index (χ4n) is 1.16. The molecule has 2 rings (SSSR count). The summed E-state index contributed by atoms with van der Waals surface area (Å²) in [5.74, 6) is 0. The number of carbonyl (C=O) groups is 1. The maximum atomic E-state index is 11.5. The molecule has 0 radical (unpaired) electrons. The third-order valence-electron chi connectivity index (χ3n) is 1.87. The summed E-state index contributed by atoms with van der Waals surface area (Å²) in [7, 11) is 0. The molecule has 17 heavy (non-hydrogen) atoms. The molecule has 1 aromatic carbocycles. The molecule has 1 aromatic heterocycles. The number of amides is 2. The molecule has 0 spiro atoms. The van der Waals surface area contributed by atoms with E-state index >= 15 is 0 Å². The second kappa shape index (κ2) is 5.09. The molecule has 0 unspecified atom stereocenters. The molecule has 6 heteroatoms. The fraction of sp³-hybridized carbons (Fsp3) is 0. The zero-order chi connectivity index (χ0) is 12.1. The number of nitriles is 1. The van der Waals surface area contributed by atoms with Gasteiger partial charge in [-0.15, -0.1) is 11.3 Å². The lowest BCUT2D eigenvalue weighted by Crippen LogP contribution is -2.19. The minimum atomic E-state index is -0.380. The van der Waals surface area contributed by atoms with E-state index in [1.165, 1.54) is 11.3 Å². The third kappa shape index (κ3) is 3.03. The number of thiazole rings is 1. The topological polar surface area (TPSA) is 77.8 Å². The monoisotopic (exact) mass is 244 g/mol. The van der Waals surface area contributed by atoms with Crippen LogP contribution in [0.15, 0.2) is 35.7 Å². The van der Waals surface area contributed by atoms with Crippen molar-refractivity contribution < 1.29 is 4.79 Å². The molecule has 5 nitrogen and oxygen atoms in total. The number of para-hydroxylation sites is 1. The first kappa shape index (κ1) is 11.1. The second-order valence-corrected chi connectivity index (χ2v) is 3.95. The van der Waals surface area contributed by atoms with Crippen molar-refractivity contribution in [3.63, 3.8) is 0 Å². The van der Waals surface area contributed by atoms with Gasteiger partial charge in [0.15, 0.2) is 10.8 Å². The van der Waals surface area contributed by atoms with E-state index in [-0.39, 0.29) is 6.03 Å². The van der Waals surface area contributed by atoms with Gasteiger partial charge in [-0.1, -0.05) is 18.2 Å². The smallest absolute Gasteiger partial charge is 0.308 e. The van der Waals surface area contributed by atoms with Gasteiger partial charge < -0.3 is 5.32 Å². The normalized spacial score (nSPS) is 9.35. The van der Waals surface area contributed by atoms with Crippen molar-refractivity contribution in [3.05, 3.63) is 41.4 Å². The Morgan fingerprint density at radius 3 is 2.71 bits per heavy atom. The number of aromatic nitrogens is 1. The molecular formula is C11H8N4OS. The molecule has 0 saturated carbocycles. The molecule has 0 saturated heterocycles. The quantitative estimate of drug-likeness (QED) is 0.852. The highest BCUT2D eigenvalue weighted by Gasteiger charge is 2.05. The second-order valence-electron chi connectivity index (χ2n) is 3.09. The predicted molar refractivity (Wildman–Crippen MR) is 65.9 cm³/mol. The van der Waals surface area contributed by atoms with Crippen LogP contribution in [0.4, 0.5) is 15.6 Å². The zero-order valence-electron chi connectivity index (χ0n) is 8.68. The summed E-state index contributed by atoms with van der Waals surface area (Å²) >= 11 is 1.21. The molecule has 1 heterocycles. The van der Waals surface area contributed by atoms with Gasteiger partial charge in [-0.25, -0.2) is 9.78 Å². The van der Waals surface area contributed by atoms with Gasteiger partial charge >= 0.3 is 6.03 Å². The van der Waals surface area contributed by atoms with Crippen LogP contribution in [-0.4, -0.2) is 11.0 Å². The van der Waals surface area contributed by atoms with Crippen LogP contribution in [0, 0.1) is 11.3 Å². The van der Waals surface area contributed by atoms with Crippen molar-refractivity contribution in [1.82, 2.24) is 4.98 Å². The average molecular weight is 244 g/mol. The van der Waals surface area contributed by atoms with Crippen LogP contribution in [0.3, 0.4) is 0 Å². The van der Waals surface area contributed by atoms with E-state index < -0.39 is 0 Å². The van der Waals surface area contributed by atoms with Crippen molar-refractivity contribution in [3.8, 4) is 6.07 Å². The van der Waals surface area contributed by atoms with Gasteiger partial charge in [0.1, 0.15) is 6.07 Å². The number of nitrogens with zero attached hydrogens (tertiary/aromatic N) is 2. The summed E-state index contributed by atoms with van der Waals surface area (Å²) in [5, 5.41) is 15.8. The van der Waals surface area contributed by atoms with Gasteiger partial charge in [-0.3, -0.25) is 5.32 Å². The molecule has 0 aliphatic rings. The van der Waals surface area contributed by atoms with Gasteiger partial charge in [-0.05, 0) is 12.1 Å². The summed E-state index contributed by atoms with van der Waals surface area (Å²) in [6.45, 7) is 0. The van der Waals surface area contributed by atoms with Crippen LogP contribution in [0.5, 0.6) is 0 Å². The maximum Gasteiger partial charge on any atom is 0.325 e. The van der Waals surface area contributed by atoms with E-state index in [0.717, 1.165) is 0 Å². The van der Waals surface area contributed by atoms with Crippen LogP contribution in [0.1, 0.15) is 5.69 Å². The Morgan fingerprint density at radius 2 is 2.06 bits per heavy atom. The summed E-state index contributed by atoms with van der Waals surface area (Å²) in [6, 6.07) is 10.6. The molecule has 0 aliphatic carbocycles. The lowest BCUT2D eigenvalue weighted by atomic mass is 10.3. The number of hydrogen-bond donors (Lipinski definition) is 2. The number of anilines is 2. The lowest BCUT2D eigenvalue weighted by molar-refractivity contribution is 0.262. The van der Waals surface area contributed by atoms with Gasteiger partial charge in [0.2, 0.25) is 0 Å². The largest absolute Gasteiger partial charge is 0.325 e. The Hall–Kier alpha value is -2.39.